The number of hydrogen-bond donors (Lipinski definition) is 0. The van der Waals surface area contributed by atoms with Gasteiger partial charge in [-0.05, 0) is 6.08 Å². The molecule has 0 aliphatic heterocycles. The molecule has 0 saturated heterocycles. The molecule has 0 bridgehead atoms. The molecule has 0 aromatic heterocycles. The first-order valence-corrected chi connectivity index (χ1v) is 5.62. The van der Waals surface area contributed by atoms with Gasteiger partial charge in [-0.25, -0.2) is 4.21 Å². The third-order valence-corrected chi connectivity index (χ3v) is 3.37. The predicted octanol–water partition coefficient (Wildman–Crippen LogP) is 2.35. The minimum absolute atomic E-state index is 0.0964. The Hall–Kier alpha value is -0.160. The maximum Gasteiger partial charge on any atom is 0.267 e. The van der Waals surface area contributed by atoms with E-state index < -0.39 is 15.9 Å². The Morgan fingerprint density at radius 2 is 2.27 bits per heavy atom. The molecule has 11 heavy (non-hydrogen) atoms. The largest absolute Gasteiger partial charge is 0.267 e. The molecule has 0 aromatic carbocycles. The summed E-state index contributed by atoms with van der Waals surface area (Å²) in [6.45, 7) is 3.41. The zero-order valence-corrected chi connectivity index (χ0v) is 7.39. The lowest BCUT2D eigenvalue weighted by atomic mass is 10.7. The summed E-state index contributed by atoms with van der Waals surface area (Å²) in [5.74, 6) is 0.426. The van der Waals surface area contributed by atoms with Gasteiger partial charge >= 0.3 is 0 Å². The lowest BCUT2D eigenvalue weighted by Crippen LogP contribution is -1.88. The van der Waals surface area contributed by atoms with E-state index in [9.17, 15) is 13.0 Å². The molecule has 1 unspecified atom stereocenters. The van der Waals surface area contributed by atoms with E-state index >= 15 is 0 Å². The van der Waals surface area contributed by atoms with Crippen LogP contribution in [-0.2, 0) is 9.83 Å². The van der Waals surface area contributed by atoms with Crippen LogP contribution in [0.4, 0.5) is 8.78 Å². The molecule has 5 heteroatoms. The van der Waals surface area contributed by atoms with Gasteiger partial charge in [0.25, 0.3) is 6.08 Å². The molecule has 1 atom stereocenters. The van der Waals surface area contributed by atoms with E-state index in [1.807, 2.05) is 0 Å². The van der Waals surface area contributed by atoms with Crippen molar-refractivity contribution in [2.45, 2.75) is 0 Å². The van der Waals surface area contributed by atoms with Gasteiger partial charge in [0.15, 0.2) is 0 Å². The zero-order valence-electron chi connectivity index (χ0n) is 5.76. The summed E-state index contributed by atoms with van der Waals surface area (Å²) in [5.41, 5.74) is 0. The molecule has 0 amide bonds. The van der Waals surface area contributed by atoms with E-state index in [1.54, 1.807) is 6.08 Å². The molecular formula is C6H8F2OS2. The van der Waals surface area contributed by atoms with Crippen LogP contribution >= 0.6 is 10.8 Å². The van der Waals surface area contributed by atoms with E-state index in [4.69, 9.17) is 0 Å². The maximum absolute atomic E-state index is 11.4. The third-order valence-electron chi connectivity index (χ3n) is 0.691. The fraction of sp³-hybridized carbons (Fsp3) is 0.333. The maximum atomic E-state index is 11.4. The molecule has 0 aliphatic rings. The van der Waals surface area contributed by atoms with Crippen LogP contribution in [0.15, 0.2) is 24.8 Å². The summed E-state index contributed by atoms with van der Waals surface area (Å²) in [6, 6.07) is 0. The highest BCUT2D eigenvalue weighted by molar-refractivity contribution is 8.69. The van der Waals surface area contributed by atoms with Crippen molar-refractivity contribution in [3.63, 3.8) is 0 Å². The lowest BCUT2D eigenvalue weighted by Gasteiger charge is -1.92. The first-order valence-electron chi connectivity index (χ1n) is 2.80. The molecule has 0 aliphatic carbocycles. The average Bonchev–Trinajstić information content (AvgIpc) is 1.97. The molecule has 0 N–H and O–H groups in total. The zero-order chi connectivity index (χ0) is 8.69. The average molecular weight is 198 g/mol. The Balaban J connectivity index is 3.53. The summed E-state index contributed by atoms with van der Waals surface area (Å²) in [6.07, 6.45) is 0.460. The Morgan fingerprint density at radius 1 is 1.64 bits per heavy atom. The number of halogens is 2. The van der Waals surface area contributed by atoms with Crippen molar-refractivity contribution in [1.82, 2.24) is 0 Å². The van der Waals surface area contributed by atoms with Gasteiger partial charge in [0.2, 0.25) is 0 Å². The van der Waals surface area contributed by atoms with Gasteiger partial charge in [0.05, 0.1) is 15.6 Å². The highest BCUT2D eigenvalue weighted by Gasteiger charge is 1.97. The van der Waals surface area contributed by atoms with Crippen LogP contribution in [0, 0.1) is 0 Å². The van der Waals surface area contributed by atoms with Crippen molar-refractivity contribution in [3.8, 4) is 0 Å². The molecule has 64 valence electrons. The van der Waals surface area contributed by atoms with Gasteiger partial charge in [-0.2, -0.15) is 8.78 Å². The topological polar surface area (TPSA) is 17.1 Å². The molecule has 0 radical (unpaired) electrons. The van der Waals surface area contributed by atoms with Crippen LogP contribution in [0.2, 0.25) is 0 Å². The lowest BCUT2D eigenvalue weighted by molar-refractivity contribution is 0.420. The van der Waals surface area contributed by atoms with Crippen LogP contribution < -0.4 is 0 Å². The molecule has 0 fully saturated rings. The van der Waals surface area contributed by atoms with Gasteiger partial charge in [-0.15, -0.1) is 6.58 Å². The van der Waals surface area contributed by atoms with Crippen molar-refractivity contribution in [3.05, 3.63) is 24.8 Å². The second kappa shape index (κ2) is 6.54. The van der Waals surface area contributed by atoms with Crippen LogP contribution in [-0.4, -0.2) is 15.7 Å². The van der Waals surface area contributed by atoms with E-state index in [0.717, 1.165) is 10.8 Å². The van der Waals surface area contributed by atoms with Crippen molar-refractivity contribution in [2.75, 3.05) is 11.5 Å². The quantitative estimate of drug-likeness (QED) is 0.498. The second-order valence-electron chi connectivity index (χ2n) is 1.54. The van der Waals surface area contributed by atoms with Crippen LogP contribution in [0.1, 0.15) is 0 Å². The van der Waals surface area contributed by atoms with Gasteiger partial charge < -0.3 is 0 Å². The van der Waals surface area contributed by atoms with Crippen molar-refractivity contribution >= 4 is 20.6 Å². The summed E-state index contributed by atoms with van der Waals surface area (Å²) >= 11 is 0. The van der Waals surface area contributed by atoms with Crippen LogP contribution in [0.3, 0.4) is 0 Å². The highest BCUT2D eigenvalue weighted by Crippen LogP contribution is 2.09. The van der Waals surface area contributed by atoms with Gasteiger partial charge in [-0.3, -0.25) is 0 Å². The molecule has 0 aromatic rings. The minimum atomic E-state index is -1.78. The molecule has 0 spiro atoms. The van der Waals surface area contributed by atoms with Crippen LogP contribution in [0.25, 0.3) is 0 Å². The van der Waals surface area contributed by atoms with E-state index in [1.165, 1.54) is 0 Å². The number of hydrogen-bond acceptors (Lipinski definition) is 2. The van der Waals surface area contributed by atoms with Crippen molar-refractivity contribution in [1.29, 1.82) is 0 Å². The highest BCUT2D eigenvalue weighted by atomic mass is 33.1. The molecule has 1 nitrogen and oxygen atoms in total. The van der Waals surface area contributed by atoms with Crippen molar-refractivity contribution < 1.29 is 13.0 Å². The molecule has 0 heterocycles. The van der Waals surface area contributed by atoms with Gasteiger partial charge in [0.1, 0.15) is 0 Å². The van der Waals surface area contributed by atoms with Crippen LogP contribution in [0.5, 0.6) is 0 Å². The minimum Gasteiger partial charge on any atom is -0.248 e. The van der Waals surface area contributed by atoms with Gasteiger partial charge in [-0.1, -0.05) is 16.9 Å². The normalized spacial score (nSPS) is 12.2. The smallest absolute Gasteiger partial charge is 0.248 e. The Bertz CT molecular complexity index is 175. The molecule has 0 rings (SSSR count). The Kier molecular flexibility index (Phi) is 6.45. The summed E-state index contributed by atoms with van der Waals surface area (Å²) in [5, 5.41) is 0. The Labute approximate surface area is 70.4 Å². The van der Waals surface area contributed by atoms with E-state index in [-0.39, 0.29) is 5.75 Å². The monoisotopic (exact) mass is 198 g/mol. The summed E-state index contributed by atoms with van der Waals surface area (Å²) in [4.78, 5) is 0. The first-order chi connectivity index (χ1) is 5.16. The van der Waals surface area contributed by atoms with Crippen molar-refractivity contribution in [2.24, 2.45) is 0 Å². The Morgan fingerprint density at radius 3 is 2.73 bits per heavy atom. The summed E-state index contributed by atoms with van der Waals surface area (Å²) < 4.78 is 33.6. The second-order valence-corrected chi connectivity index (χ2v) is 4.87. The van der Waals surface area contributed by atoms with E-state index in [0.29, 0.717) is 11.8 Å². The first kappa shape index (κ1) is 10.8. The fourth-order valence-corrected chi connectivity index (χ4v) is 2.15. The fourth-order valence-electron chi connectivity index (χ4n) is 0.303. The van der Waals surface area contributed by atoms with Gasteiger partial charge in [0, 0.05) is 5.75 Å². The standard InChI is InChI=1S/C6H8F2OS2/c1-2-4-10-11(9)5-3-6(7)8/h2-3H,1,4-5H2. The third kappa shape index (κ3) is 7.74. The number of rotatable bonds is 5. The summed E-state index contributed by atoms with van der Waals surface area (Å²) in [7, 11) is -0.157. The van der Waals surface area contributed by atoms with E-state index in [2.05, 4.69) is 6.58 Å². The SMILES string of the molecule is C=CCSS(=O)CC=C(F)F. The predicted molar refractivity (Wildman–Crippen MR) is 46.0 cm³/mol. The molecular weight excluding hydrogens is 190 g/mol. The molecule has 0 saturated carbocycles.